The van der Waals surface area contributed by atoms with E-state index in [9.17, 15) is 9.46 Å². The maximum Gasteiger partial charge on any atom is 0.258 e. The van der Waals surface area contributed by atoms with E-state index in [1.54, 1.807) is 48.5 Å². The van der Waals surface area contributed by atoms with Gasteiger partial charge in [0.05, 0.1) is 0 Å². The summed E-state index contributed by atoms with van der Waals surface area (Å²) in [6, 6.07) is 17.4. The SMILES string of the molecule is CC.CC.O=P(O)(c1ccccc1)c1ccccc1. The molecule has 0 heterocycles. The van der Waals surface area contributed by atoms with Crippen molar-refractivity contribution in [1.82, 2.24) is 0 Å². The lowest BCUT2D eigenvalue weighted by atomic mass is 10.4. The molecular weight excluding hydrogens is 255 g/mol. The van der Waals surface area contributed by atoms with Crippen molar-refractivity contribution in [2.24, 2.45) is 0 Å². The van der Waals surface area contributed by atoms with Crippen LogP contribution in [0.4, 0.5) is 0 Å². The molecule has 0 aliphatic rings. The molecule has 0 aliphatic carbocycles. The Bertz CT molecular complexity index is 437. The highest BCUT2D eigenvalue weighted by molar-refractivity contribution is 7.73. The van der Waals surface area contributed by atoms with Gasteiger partial charge in [0.15, 0.2) is 0 Å². The van der Waals surface area contributed by atoms with Crippen molar-refractivity contribution in [2.45, 2.75) is 27.7 Å². The second kappa shape index (κ2) is 9.55. The van der Waals surface area contributed by atoms with E-state index in [-0.39, 0.29) is 0 Å². The van der Waals surface area contributed by atoms with Crippen LogP contribution in [0, 0.1) is 0 Å². The largest absolute Gasteiger partial charge is 0.338 e. The molecule has 2 rings (SSSR count). The third kappa shape index (κ3) is 5.02. The first-order chi connectivity index (χ1) is 9.21. The molecule has 0 atom stereocenters. The van der Waals surface area contributed by atoms with E-state index in [0.29, 0.717) is 10.6 Å². The van der Waals surface area contributed by atoms with Gasteiger partial charge in [0, 0.05) is 10.6 Å². The average Bonchev–Trinajstić information content (AvgIpc) is 2.53. The fourth-order valence-electron chi connectivity index (χ4n) is 1.41. The van der Waals surface area contributed by atoms with Gasteiger partial charge in [0.2, 0.25) is 0 Å². The Balaban J connectivity index is 0.000000741. The molecule has 0 aromatic heterocycles. The third-order valence-electron chi connectivity index (χ3n) is 2.21. The van der Waals surface area contributed by atoms with Gasteiger partial charge in [-0.05, 0) is 24.3 Å². The molecule has 2 aromatic rings. The van der Waals surface area contributed by atoms with Crippen LogP contribution in [0.5, 0.6) is 0 Å². The van der Waals surface area contributed by atoms with Crippen LogP contribution in [0.3, 0.4) is 0 Å². The summed E-state index contributed by atoms with van der Waals surface area (Å²) in [6.45, 7) is 8.00. The minimum absolute atomic E-state index is 0.469. The molecule has 0 aliphatic heterocycles. The molecule has 0 amide bonds. The molecule has 0 fully saturated rings. The monoisotopic (exact) mass is 278 g/mol. The van der Waals surface area contributed by atoms with Gasteiger partial charge in [-0.1, -0.05) is 64.1 Å². The van der Waals surface area contributed by atoms with Crippen molar-refractivity contribution in [3.05, 3.63) is 60.7 Å². The van der Waals surface area contributed by atoms with Gasteiger partial charge in [0.25, 0.3) is 7.37 Å². The Kier molecular flexibility index (Phi) is 8.86. The lowest BCUT2D eigenvalue weighted by Crippen LogP contribution is -2.14. The molecule has 104 valence electrons. The van der Waals surface area contributed by atoms with Crippen molar-refractivity contribution in [2.75, 3.05) is 0 Å². The predicted octanol–water partition coefficient (Wildman–Crippen LogP) is 3.96. The van der Waals surface area contributed by atoms with Crippen LogP contribution < -0.4 is 10.6 Å². The topological polar surface area (TPSA) is 37.3 Å². The molecule has 0 spiro atoms. The zero-order valence-electron chi connectivity index (χ0n) is 12.1. The molecule has 0 unspecified atom stereocenters. The van der Waals surface area contributed by atoms with E-state index in [1.807, 2.05) is 39.8 Å². The zero-order valence-corrected chi connectivity index (χ0v) is 13.0. The van der Waals surface area contributed by atoms with Crippen LogP contribution in [0.2, 0.25) is 0 Å². The van der Waals surface area contributed by atoms with Crippen LogP contribution in [0.1, 0.15) is 27.7 Å². The summed E-state index contributed by atoms with van der Waals surface area (Å²) in [7, 11) is -3.40. The van der Waals surface area contributed by atoms with Gasteiger partial charge in [-0.2, -0.15) is 0 Å². The number of hydrogen-bond donors (Lipinski definition) is 1. The number of benzene rings is 2. The van der Waals surface area contributed by atoms with Crippen LogP contribution in [-0.4, -0.2) is 4.89 Å². The van der Waals surface area contributed by atoms with Gasteiger partial charge < -0.3 is 4.89 Å². The summed E-state index contributed by atoms with van der Waals surface area (Å²) >= 11 is 0. The Hall–Kier alpha value is -1.37. The van der Waals surface area contributed by atoms with Crippen LogP contribution in [0.15, 0.2) is 60.7 Å². The van der Waals surface area contributed by atoms with Crippen LogP contribution >= 0.6 is 7.37 Å². The Morgan fingerprint density at radius 1 is 0.684 bits per heavy atom. The average molecular weight is 278 g/mol. The maximum absolute atomic E-state index is 12.2. The first kappa shape index (κ1) is 17.6. The highest BCUT2D eigenvalue weighted by Gasteiger charge is 2.22. The molecule has 0 radical (unpaired) electrons. The van der Waals surface area contributed by atoms with E-state index in [0.717, 1.165) is 0 Å². The smallest absolute Gasteiger partial charge is 0.258 e. The van der Waals surface area contributed by atoms with E-state index in [4.69, 9.17) is 0 Å². The van der Waals surface area contributed by atoms with Crippen molar-refractivity contribution >= 4 is 18.0 Å². The zero-order chi connectivity index (χ0) is 14.7. The van der Waals surface area contributed by atoms with Gasteiger partial charge >= 0.3 is 0 Å². The Morgan fingerprint density at radius 2 is 0.947 bits per heavy atom. The number of rotatable bonds is 2. The quantitative estimate of drug-likeness (QED) is 0.844. The molecule has 3 heteroatoms. The minimum Gasteiger partial charge on any atom is -0.338 e. The molecule has 0 bridgehead atoms. The van der Waals surface area contributed by atoms with Crippen molar-refractivity contribution in [3.8, 4) is 0 Å². The summed E-state index contributed by atoms with van der Waals surface area (Å²) in [6.07, 6.45) is 0. The molecule has 19 heavy (non-hydrogen) atoms. The molecule has 1 N–H and O–H groups in total. The van der Waals surface area contributed by atoms with Gasteiger partial charge in [-0.25, -0.2) is 0 Å². The van der Waals surface area contributed by atoms with Crippen LogP contribution in [0.25, 0.3) is 0 Å². The second-order valence-corrected chi connectivity index (χ2v) is 5.43. The first-order valence-electron chi connectivity index (χ1n) is 6.65. The summed E-state index contributed by atoms with van der Waals surface area (Å²) < 4.78 is 12.2. The van der Waals surface area contributed by atoms with E-state index < -0.39 is 7.37 Å². The van der Waals surface area contributed by atoms with E-state index >= 15 is 0 Å². The summed E-state index contributed by atoms with van der Waals surface area (Å²) in [4.78, 5) is 10.0. The lowest BCUT2D eigenvalue weighted by molar-refractivity contribution is 0.501. The van der Waals surface area contributed by atoms with E-state index in [2.05, 4.69) is 0 Å². The molecular formula is C16H23O2P. The van der Waals surface area contributed by atoms with E-state index in [1.165, 1.54) is 0 Å². The van der Waals surface area contributed by atoms with Crippen molar-refractivity contribution < 1.29 is 9.46 Å². The van der Waals surface area contributed by atoms with Crippen molar-refractivity contribution in [3.63, 3.8) is 0 Å². The minimum atomic E-state index is -3.40. The summed E-state index contributed by atoms with van der Waals surface area (Å²) in [5.74, 6) is 0. The first-order valence-corrected chi connectivity index (χ1v) is 8.31. The summed E-state index contributed by atoms with van der Waals surface area (Å²) in [5.41, 5.74) is 0. The molecule has 0 saturated heterocycles. The number of hydrogen-bond acceptors (Lipinski definition) is 1. The van der Waals surface area contributed by atoms with Gasteiger partial charge in [0.1, 0.15) is 0 Å². The van der Waals surface area contributed by atoms with Gasteiger partial charge in [-0.3, -0.25) is 4.57 Å². The highest BCUT2D eigenvalue weighted by atomic mass is 31.2. The maximum atomic E-state index is 12.2. The van der Waals surface area contributed by atoms with Gasteiger partial charge in [-0.15, -0.1) is 0 Å². The standard InChI is InChI=1S/C12H11O2P.2C2H6/c13-15(14,11-7-3-1-4-8-11)12-9-5-2-6-10-12;2*1-2/h1-10H,(H,13,14);2*1-2H3. The fourth-order valence-corrected chi connectivity index (χ4v) is 2.86. The Morgan fingerprint density at radius 3 is 1.21 bits per heavy atom. The lowest BCUT2D eigenvalue weighted by Gasteiger charge is -2.11. The Labute approximate surface area is 116 Å². The second-order valence-electron chi connectivity index (χ2n) is 3.25. The van der Waals surface area contributed by atoms with Crippen LogP contribution in [-0.2, 0) is 4.57 Å². The normalized spacial score (nSPS) is 9.53. The fraction of sp³-hybridized carbons (Fsp3) is 0.250. The molecule has 0 saturated carbocycles. The highest BCUT2D eigenvalue weighted by Crippen LogP contribution is 2.37. The predicted molar refractivity (Wildman–Crippen MR) is 84.7 cm³/mol. The van der Waals surface area contributed by atoms with Crippen molar-refractivity contribution in [1.29, 1.82) is 0 Å². The molecule has 2 nitrogen and oxygen atoms in total. The summed E-state index contributed by atoms with van der Waals surface area (Å²) in [5, 5.41) is 0.937. The molecule has 2 aromatic carbocycles. The third-order valence-corrected chi connectivity index (χ3v) is 4.21.